The Hall–Kier alpha value is -3.02. The van der Waals surface area contributed by atoms with E-state index in [2.05, 4.69) is 5.32 Å². The zero-order valence-corrected chi connectivity index (χ0v) is 16.3. The highest BCUT2D eigenvalue weighted by molar-refractivity contribution is 5.97. The van der Waals surface area contributed by atoms with Crippen molar-refractivity contribution in [2.24, 2.45) is 0 Å². The molecule has 2 aromatic carbocycles. The maximum atomic E-state index is 12.5. The minimum Gasteiger partial charge on any atom is -0.493 e. The molecule has 0 fully saturated rings. The number of carboxylic acids is 1. The highest BCUT2D eigenvalue weighted by Crippen LogP contribution is 2.32. The molecule has 0 atom stereocenters. The molecule has 0 saturated carbocycles. The van der Waals surface area contributed by atoms with Crippen LogP contribution in [0.15, 0.2) is 36.4 Å². The molecule has 0 bridgehead atoms. The van der Waals surface area contributed by atoms with Gasteiger partial charge in [-0.15, -0.1) is 0 Å². The first-order valence-electron chi connectivity index (χ1n) is 8.53. The van der Waals surface area contributed by atoms with Crippen molar-refractivity contribution in [3.8, 4) is 11.5 Å². The van der Waals surface area contributed by atoms with Crippen molar-refractivity contribution in [2.45, 2.75) is 26.2 Å². The van der Waals surface area contributed by atoms with E-state index in [1.54, 1.807) is 27.2 Å². The van der Waals surface area contributed by atoms with Crippen LogP contribution in [0.1, 0.15) is 45.7 Å². The molecule has 2 rings (SSSR count). The third-order valence-electron chi connectivity index (χ3n) is 4.44. The summed E-state index contributed by atoms with van der Waals surface area (Å²) in [6.07, 6.45) is 0. The number of carbonyl (C=O) groups excluding carboxylic acids is 1. The second-order valence-electron chi connectivity index (χ2n) is 7.03. The molecule has 0 heterocycles. The molecular weight excluding hydrogens is 346 g/mol. The molecule has 6 nitrogen and oxygen atoms in total. The second kappa shape index (κ2) is 8.12. The molecule has 0 aromatic heterocycles. The van der Waals surface area contributed by atoms with Gasteiger partial charge in [-0.1, -0.05) is 19.9 Å². The van der Waals surface area contributed by atoms with Crippen LogP contribution in [0.4, 0.5) is 0 Å². The molecule has 0 aliphatic carbocycles. The fourth-order valence-electron chi connectivity index (χ4n) is 2.80. The fraction of sp³-hybridized carbons (Fsp3) is 0.333. The summed E-state index contributed by atoms with van der Waals surface area (Å²) < 4.78 is 10.6. The molecule has 144 valence electrons. The van der Waals surface area contributed by atoms with E-state index in [4.69, 9.17) is 14.6 Å². The van der Waals surface area contributed by atoms with Gasteiger partial charge < -0.3 is 19.9 Å². The molecule has 6 heteroatoms. The number of rotatable bonds is 7. The number of carboxylic acid groups (broad SMARTS) is 1. The summed E-state index contributed by atoms with van der Waals surface area (Å²) in [5.41, 5.74) is 1.76. The predicted octanol–water partition coefficient (Wildman–Crippen LogP) is 3.42. The number of carbonyl (C=O) groups is 2. The summed E-state index contributed by atoms with van der Waals surface area (Å²) in [6, 6.07) is 10.2. The van der Waals surface area contributed by atoms with Crippen molar-refractivity contribution in [1.29, 1.82) is 0 Å². The normalized spacial score (nSPS) is 11.0. The number of methoxy groups -OCH3 is 2. The van der Waals surface area contributed by atoms with Gasteiger partial charge >= 0.3 is 5.97 Å². The van der Waals surface area contributed by atoms with Gasteiger partial charge in [0.05, 0.1) is 19.8 Å². The summed E-state index contributed by atoms with van der Waals surface area (Å²) in [5.74, 6) is -0.102. The van der Waals surface area contributed by atoms with E-state index >= 15 is 0 Å². The number of benzene rings is 2. The number of aryl methyl sites for hydroxylation is 1. The van der Waals surface area contributed by atoms with Crippen LogP contribution in [0.5, 0.6) is 11.5 Å². The summed E-state index contributed by atoms with van der Waals surface area (Å²) in [7, 11) is 3.16. The quantitative estimate of drug-likeness (QED) is 0.779. The third-order valence-corrected chi connectivity index (χ3v) is 4.44. The first-order chi connectivity index (χ1) is 12.7. The zero-order chi connectivity index (χ0) is 20.2. The Bertz CT molecular complexity index is 858. The smallest absolute Gasteiger partial charge is 0.335 e. The van der Waals surface area contributed by atoms with E-state index in [1.807, 2.05) is 32.0 Å². The molecule has 0 unspecified atom stereocenters. The summed E-state index contributed by atoms with van der Waals surface area (Å²) >= 11 is 0. The van der Waals surface area contributed by atoms with E-state index in [1.165, 1.54) is 12.1 Å². The number of nitrogens with one attached hydrogen (secondary N) is 1. The summed E-state index contributed by atoms with van der Waals surface area (Å²) in [6.45, 7) is 6.15. The van der Waals surface area contributed by atoms with E-state index < -0.39 is 5.97 Å². The number of amides is 1. The molecule has 2 N–H and O–H groups in total. The highest BCUT2D eigenvalue weighted by atomic mass is 16.5. The second-order valence-corrected chi connectivity index (χ2v) is 7.03. The maximum absolute atomic E-state index is 12.5. The summed E-state index contributed by atoms with van der Waals surface area (Å²) in [5, 5.41) is 12.1. The average Bonchev–Trinajstić information content (AvgIpc) is 2.64. The molecule has 0 spiro atoms. The molecule has 27 heavy (non-hydrogen) atoms. The topological polar surface area (TPSA) is 84.9 Å². The number of hydrogen-bond donors (Lipinski definition) is 2. The average molecular weight is 371 g/mol. The Kier molecular flexibility index (Phi) is 6.10. The first kappa shape index (κ1) is 20.3. The Balaban J connectivity index is 2.17. The van der Waals surface area contributed by atoms with Crippen LogP contribution in [-0.2, 0) is 5.41 Å². The van der Waals surface area contributed by atoms with Crippen LogP contribution in [0, 0.1) is 6.92 Å². The lowest BCUT2D eigenvalue weighted by molar-refractivity contribution is 0.0696. The number of ether oxygens (including phenoxy) is 2. The molecular formula is C21H25NO5. The standard InChI is InChI=1S/C21H25NO5/c1-13-8-14(10-15(9-13)20(24)25)19(23)22-12-21(2,3)16-6-7-17(26-4)18(11-16)27-5/h6-11H,12H2,1-5H3,(H,22,23)(H,24,25). The van der Waals surface area contributed by atoms with Crippen LogP contribution in [0.25, 0.3) is 0 Å². The van der Waals surface area contributed by atoms with Crippen LogP contribution >= 0.6 is 0 Å². The van der Waals surface area contributed by atoms with Gasteiger partial charge in [-0.2, -0.15) is 0 Å². The Morgan fingerprint density at radius 1 is 1.00 bits per heavy atom. The summed E-state index contributed by atoms with van der Waals surface area (Å²) in [4.78, 5) is 23.7. The monoisotopic (exact) mass is 371 g/mol. The minimum absolute atomic E-state index is 0.0966. The van der Waals surface area contributed by atoms with Gasteiger partial charge in [-0.25, -0.2) is 4.79 Å². The molecule has 1 amide bonds. The molecule has 0 aliphatic heterocycles. The number of hydrogen-bond acceptors (Lipinski definition) is 4. The van der Waals surface area contributed by atoms with Crippen LogP contribution in [-0.4, -0.2) is 37.7 Å². The van der Waals surface area contributed by atoms with Gasteiger partial charge in [0.15, 0.2) is 11.5 Å². The van der Waals surface area contributed by atoms with E-state index in [0.717, 1.165) is 11.1 Å². The van der Waals surface area contributed by atoms with Crippen molar-refractivity contribution in [2.75, 3.05) is 20.8 Å². The van der Waals surface area contributed by atoms with E-state index in [9.17, 15) is 9.59 Å². The van der Waals surface area contributed by atoms with Gasteiger partial charge in [-0.05, 0) is 48.4 Å². The molecule has 2 aromatic rings. The maximum Gasteiger partial charge on any atom is 0.335 e. The number of aromatic carboxylic acids is 1. The van der Waals surface area contributed by atoms with Crippen molar-refractivity contribution in [3.63, 3.8) is 0 Å². The lowest BCUT2D eigenvalue weighted by Gasteiger charge is -2.26. The predicted molar refractivity (Wildman–Crippen MR) is 103 cm³/mol. The molecule has 0 radical (unpaired) electrons. The Morgan fingerprint density at radius 2 is 1.63 bits per heavy atom. The zero-order valence-electron chi connectivity index (χ0n) is 16.3. The lowest BCUT2D eigenvalue weighted by atomic mass is 9.84. The van der Waals surface area contributed by atoms with Gasteiger partial charge in [-0.3, -0.25) is 4.79 Å². The van der Waals surface area contributed by atoms with E-state index in [-0.39, 0.29) is 16.9 Å². The largest absolute Gasteiger partial charge is 0.493 e. The third kappa shape index (κ3) is 4.78. The first-order valence-corrected chi connectivity index (χ1v) is 8.53. The van der Waals surface area contributed by atoms with Gasteiger partial charge in [0, 0.05) is 17.5 Å². The van der Waals surface area contributed by atoms with Crippen LogP contribution < -0.4 is 14.8 Å². The van der Waals surface area contributed by atoms with Gasteiger partial charge in [0.2, 0.25) is 0 Å². The van der Waals surface area contributed by atoms with E-state index in [0.29, 0.717) is 23.6 Å². The van der Waals surface area contributed by atoms with Crippen molar-refractivity contribution >= 4 is 11.9 Å². The van der Waals surface area contributed by atoms with Crippen molar-refractivity contribution in [1.82, 2.24) is 5.32 Å². The van der Waals surface area contributed by atoms with Crippen LogP contribution in [0.3, 0.4) is 0 Å². The van der Waals surface area contributed by atoms with Crippen molar-refractivity contribution in [3.05, 3.63) is 58.7 Å². The highest BCUT2D eigenvalue weighted by Gasteiger charge is 2.23. The van der Waals surface area contributed by atoms with Crippen molar-refractivity contribution < 1.29 is 24.2 Å². The SMILES string of the molecule is COc1ccc(C(C)(C)CNC(=O)c2cc(C)cc(C(=O)O)c2)cc1OC. The van der Waals surface area contributed by atoms with Gasteiger partial charge in [0.25, 0.3) is 5.91 Å². The Labute approximate surface area is 159 Å². The lowest BCUT2D eigenvalue weighted by Crippen LogP contribution is -2.36. The minimum atomic E-state index is -1.06. The van der Waals surface area contributed by atoms with Crippen LogP contribution in [0.2, 0.25) is 0 Å². The van der Waals surface area contributed by atoms with Gasteiger partial charge in [0.1, 0.15) is 0 Å². The Morgan fingerprint density at radius 3 is 2.22 bits per heavy atom. The molecule has 0 aliphatic rings. The fourth-order valence-corrected chi connectivity index (χ4v) is 2.80. The molecule has 0 saturated heterocycles.